The van der Waals surface area contributed by atoms with Crippen molar-refractivity contribution in [2.24, 2.45) is 5.41 Å². The second-order valence-electron chi connectivity index (χ2n) is 5.39. The molecule has 1 fully saturated rings. The molecule has 0 bridgehead atoms. The van der Waals surface area contributed by atoms with E-state index in [9.17, 15) is 4.79 Å². The highest BCUT2D eigenvalue weighted by atomic mass is 16.5. The van der Waals surface area contributed by atoms with Gasteiger partial charge in [0.25, 0.3) is 0 Å². The van der Waals surface area contributed by atoms with Crippen LogP contribution in [0, 0.1) is 5.41 Å². The molecule has 1 aromatic carbocycles. The van der Waals surface area contributed by atoms with E-state index in [1.807, 2.05) is 24.3 Å². The van der Waals surface area contributed by atoms with Crippen LogP contribution in [0.1, 0.15) is 33.1 Å². The fraction of sp³-hybridized carbons (Fsp3) is 0.562. The van der Waals surface area contributed by atoms with E-state index in [1.165, 1.54) is 0 Å². The van der Waals surface area contributed by atoms with Gasteiger partial charge in [0.2, 0.25) is 5.91 Å². The summed E-state index contributed by atoms with van der Waals surface area (Å²) in [5.41, 5.74) is 0.545. The molecule has 0 radical (unpaired) electrons. The number of benzene rings is 1. The number of amides is 1. The normalized spacial score (nSPS) is 21.7. The van der Waals surface area contributed by atoms with Gasteiger partial charge in [0.15, 0.2) is 0 Å². The van der Waals surface area contributed by atoms with Crippen LogP contribution in [0.15, 0.2) is 24.3 Å². The quantitative estimate of drug-likeness (QED) is 0.840. The van der Waals surface area contributed by atoms with Crippen molar-refractivity contribution in [2.45, 2.75) is 33.1 Å². The van der Waals surface area contributed by atoms with Crippen LogP contribution in [-0.2, 0) is 4.79 Å². The molecule has 1 amide bonds. The summed E-state index contributed by atoms with van der Waals surface area (Å²) >= 11 is 0. The smallest absolute Gasteiger partial charge is 0.231 e. The Hall–Kier alpha value is -1.55. The van der Waals surface area contributed by atoms with Gasteiger partial charge >= 0.3 is 0 Å². The molecular weight excluding hydrogens is 252 g/mol. The van der Waals surface area contributed by atoms with Crippen molar-refractivity contribution in [1.29, 1.82) is 0 Å². The second kappa shape index (κ2) is 6.75. The first-order valence-corrected chi connectivity index (χ1v) is 7.45. The number of hydrogen-bond donors (Lipinski definition) is 2. The van der Waals surface area contributed by atoms with Gasteiger partial charge in [-0.25, -0.2) is 0 Å². The van der Waals surface area contributed by atoms with E-state index in [2.05, 4.69) is 24.5 Å². The average Bonchev–Trinajstić information content (AvgIpc) is 2.95. The van der Waals surface area contributed by atoms with Crippen molar-refractivity contribution in [3.63, 3.8) is 0 Å². The predicted octanol–water partition coefficient (Wildman–Crippen LogP) is 2.80. The Balaban J connectivity index is 2.03. The summed E-state index contributed by atoms with van der Waals surface area (Å²) in [6.45, 7) is 6.53. The monoisotopic (exact) mass is 276 g/mol. The SMILES string of the molecule is CCCOc1cccc(NC(=O)C2(CC)CCNC2)c1. The lowest BCUT2D eigenvalue weighted by Crippen LogP contribution is -2.37. The Kier molecular flexibility index (Phi) is 5.01. The molecule has 0 saturated carbocycles. The van der Waals surface area contributed by atoms with Crippen molar-refractivity contribution in [1.82, 2.24) is 5.32 Å². The molecule has 1 unspecified atom stereocenters. The molecule has 4 heteroatoms. The minimum Gasteiger partial charge on any atom is -0.494 e. The third-order valence-electron chi connectivity index (χ3n) is 3.97. The Morgan fingerprint density at radius 3 is 2.95 bits per heavy atom. The van der Waals surface area contributed by atoms with Crippen LogP contribution in [0.4, 0.5) is 5.69 Å². The molecule has 2 rings (SSSR count). The molecule has 1 saturated heterocycles. The number of rotatable bonds is 6. The third-order valence-corrected chi connectivity index (χ3v) is 3.97. The van der Waals surface area contributed by atoms with Crippen molar-refractivity contribution < 1.29 is 9.53 Å². The highest BCUT2D eigenvalue weighted by molar-refractivity contribution is 5.95. The number of hydrogen-bond acceptors (Lipinski definition) is 3. The summed E-state index contributed by atoms with van der Waals surface area (Å²) in [5.74, 6) is 0.914. The first-order chi connectivity index (χ1) is 9.70. The number of anilines is 1. The Labute approximate surface area is 120 Å². The minimum absolute atomic E-state index is 0.109. The molecule has 4 nitrogen and oxygen atoms in total. The first-order valence-electron chi connectivity index (χ1n) is 7.45. The highest BCUT2D eigenvalue weighted by Gasteiger charge is 2.39. The molecule has 1 aliphatic rings. The second-order valence-corrected chi connectivity index (χ2v) is 5.39. The van der Waals surface area contributed by atoms with E-state index in [1.54, 1.807) is 0 Å². The van der Waals surface area contributed by atoms with Crippen molar-refractivity contribution in [3.8, 4) is 5.75 Å². The van der Waals surface area contributed by atoms with E-state index >= 15 is 0 Å². The molecular formula is C16H24N2O2. The number of nitrogens with one attached hydrogen (secondary N) is 2. The first kappa shape index (κ1) is 14.9. The molecule has 0 spiro atoms. The van der Waals surface area contributed by atoms with Crippen molar-refractivity contribution in [3.05, 3.63) is 24.3 Å². The maximum Gasteiger partial charge on any atom is 0.231 e. The predicted molar refractivity (Wildman–Crippen MR) is 81.1 cm³/mol. The topological polar surface area (TPSA) is 50.4 Å². The lowest BCUT2D eigenvalue weighted by atomic mass is 9.83. The largest absolute Gasteiger partial charge is 0.494 e. The summed E-state index contributed by atoms with van der Waals surface area (Å²) in [6.07, 6.45) is 2.74. The summed E-state index contributed by atoms with van der Waals surface area (Å²) in [7, 11) is 0. The molecule has 1 atom stereocenters. The molecule has 2 N–H and O–H groups in total. The van der Waals surface area contributed by atoms with Crippen LogP contribution < -0.4 is 15.4 Å². The zero-order valence-electron chi connectivity index (χ0n) is 12.4. The molecule has 20 heavy (non-hydrogen) atoms. The van der Waals surface area contributed by atoms with Crippen LogP contribution in [0.25, 0.3) is 0 Å². The van der Waals surface area contributed by atoms with Gasteiger partial charge in [-0.15, -0.1) is 0 Å². The van der Waals surface area contributed by atoms with Gasteiger partial charge in [0.05, 0.1) is 12.0 Å². The maximum absolute atomic E-state index is 12.5. The van der Waals surface area contributed by atoms with Crippen LogP contribution in [0.2, 0.25) is 0 Å². The van der Waals surface area contributed by atoms with E-state index in [0.29, 0.717) is 6.61 Å². The van der Waals surface area contributed by atoms with Gasteiger partial charge in [-0.3, -0.25) is 4.79 Å². The van der Waals surface area contributed by atoms with Gasteiger partial charge < -0.3 is 15.4 Å². The van der Waals surface area contributed by atoms with Gasteiger partial charge in [0, 0.05) is 18.3 Å². The fourth-order valence-electron chi connectivity index (χ4n) is 2.55. The lowest BCUT2D eigenvalue weighted by molar-refractivity contribution is -0.124. The van der Waals surface area contributed by atoms with Crippen LogP contribution in [0.5, 0.6) is 5.75 Å². The Bertz CT molecular complexity index is 454. The molecule has 110 valence electrons. The standard InChI is InChI=1S/C16H24N2O2/c1-3-10-20-14-7-5-6-13(11-14)18-15(19)16(4-2)8-9-17-12-16/h5-7,11,17H,3-4,8-10,12H2,1-2H3,(H,18,19). The Morgan fingerprint density at radius 2 is 2.30 bits per heavy atom. The van der Waals surface area contributed by atoms with Gasteiger partial charge in [0.1, 0.15) is 5.75 Å². The summed E-state index contributed by atoms with van der Waals surface area (Å²) < 4.78 is 5.59. The number of ether oxygens (including phenoxy) is 1. The van der Waals surface area contributed by atoms with E-state index in [4.69, 9.17) is 4.74 Å². The van der Waals surface area contributed by atoms with Crippen LogP contribution in [0.3, 0.4) is 0 Å². The average molecular weight is 276 g/mol. The zero-order valence-corrected chi connectivity index (χ0v) is 12.4. The minimum atomic E-state index is -0.264. The van der Waals surface area contributed by atoms with E-state index in [-0.39, 0.29) is 11.3 Å². The Morgan fingerprint density at radius 1 is 1.45 bits per heavy atom. The van der Waals surface area contributed by atoms with Crippen LogP contribution >= 0.6 is 0 Å². The molecule has 1 heterocycles. The van der Waals surface area contributed by atoms with Gasteiger partial charge in [-0.2, -0.15) is 0 Å². The molecule has 1 aliphatic heterocycles. The van der Waals surface area contributed by atoms with Gasteiger partial charge in [-0.1, -0.05) is 19.9 Å². The van der Waals surface area contributed by atoms with Gasteiger partial charge in [-0.05, 0) is 37.9 Å². The highest BCUT2D eigenvalue weighted by Crippen LogP contribution is 2.31. The van der Waals surface area contributed by atoms with Crippen molar-refractivity contribution in [2.75, 3.05) is 25.0 Å². The maximum atomic E-state index is 12.5. The number of carbonyl (C=O) groups excluding carboxylic acids is 1. The fourth-order valence-corrected chi connectivity index (χ4v) is 2.55. The summed E-state index contributed by atoms with van der Waals surface area (Å²) in [6, 6.07) is 7.62. The summed E-state index contributed by atoms with van der Waals surface area (Å²) in [5, 5.41) is 6.32. The molecule has 0 aliphatic carbocycles. The third kappa shape index (κ3) is 3.31. The summed E-state index contributed by atoms with van der Waals surface area (Å²) in [4.78, 5) is 12.5. The van der Waals surface area contributed by atoms with E-state index in [0.717, 1.165) is 43.8 Å². The molecule has 0 aromatic heterocycles. The number of carbonyl (C=O) groups is 1. The van der Waals surface area contributed by atoms with Crippen molar-refractivity contribution >= 4 is 11.6 Å². The zero-order chi connectivity index (χ0) is 14.4. The lowest BCUT2D eigenvalue weighted by Gasteiger charge is -2.25. The van der Waals surface area contributed by atoms with Crippen LogP contribution in [-0.4, -0.2) is 25.6 Å². The van der Waals surface area contributed by atoms with E-state index < -0.39 is 0 Å². The molecule has 1 aromatic rings.